The maximum Gasteiger partial charge on any atom is 0.256 e. The summed E-state index contributed by atoms with van der Waals surface area (Å²) in [5.41, 5.74) is 8.17. The third-order valence-electron chi connectivity index (χ3n) is 3.53. The number of pyridine rings is 1. The van der Waals surface area contributed by atoms with E-state index < -0.39 is 6.04 Å². The predicted octanol–water partition coefficient (Wildman–Crippen LogP) is 1.47. The van der Waals surface area contributed by atoms with Crippen molar-refractivity contribution in [1.29, 1.82) is 5.26 Å². The Hall–Kier alpha value is -2.12. The van der Waals surface area contributed by atoms with Crippen LogP contribution in [0, 0.1) is 11.3 Å². The standard InChI is InChI=1S/C14H13N3O/c15-8-12(16)11-7-10-4-1-3-9-5-2-6-17(13(9)10)14(11)18/h1,3-4,7,12H,2,5-6,16H2/t12-/m0/s1. The van der Waals surface area contributed by atoms with E-state index in [1.807, 2.05) is 18.2 Å². The largest absolute Gasteiger partial charge is 0.312 e. The molecule has 1 aromatic heterocycles. The van der Waals surface area contributed by atoms with Gasteiger partial charge in [-0.15, -0.1) is 0 Å². The average molecular weight is 239 g/mol. The number of rotatable bonds is 1. The number of aryl methyl sites for hydroxylation is 2. The molecular formula is C14H13N3O. The first-order chi connectivity index (χ1) is 8.72. The van der Waals surface area contributed by atoms with Crippen molar-refractivity contribution in [1.82, 2.24) is 4.57 Å². The molecule has 18 heavy (non-hydrogen) atoms. The molecule has 1 aromatic carbocycles. The maximum absolute atomic E-state index is 12.3. The third kappa shape index (κ3) is 1.45. The zero-order valence-corrected chi connectivity index (χ0v) is 9.89. The number of nitrogens with two attached hydrogens (primary N) is 1. The molecule has 1 atom stereocenters. The lowest BCUT2D eigenvalue weighted by Crippen LogP contribution is -2.30. The van der Waals surface area contributed by atoms with E-state index in [2.05, 4.69) is 6.07 Å². The van der Waals surface area contributed by atoms with Crippen LogP contribution in [-0.2, 0) is 13.0 Å². The summed E-state index contributed by atoms with van der Waals surface area (Å²) < 4.78 is 1.76. The highest BCUT2D eigenvalue weighted by atomic mass is 16.1. The Morgan fingerprint density at radius 3 is 3.06 bits per heavy atom. The van der Waals surface area contributed by atoms with Gasteiger partial charge in [0.05, 0.1) is 11.6 Å². The van der Waals surface area contributed by atoms with Gasteiger partial charge in [0.15, 0.2) is 0 Å². The average Bonchev–Trinajstić information content (AvgIpc) is 2.42. The van der Waals surface area contributed by atoms with Crippen molar-refractivity contribution < 1.29 is 0 Å². The molecule has 90 valence electrons. The zero-order valence-electron chi connectivity index (χ0n) is 9.89. The molecule has 0 unspecified atom stereocenters. The van der Waals surface area contributed by atoms with Crippen LogP contribution in [0.2, 0.25) is 0 Å². The Bertz CT molecular complexity index is 724. The van der Waals surface area contributed by atoms with Crippen molar-refractivity contribution in [2.75, 3.05) is 0 Å². The maximum atomic E-state index is 12.3. The van der Waals surface area contributed by atoms with Crippen LogP contribution in [-0.4, -0.2) is 4.57 Å². The van der Waals surface area contributed by atoms with Crippen LogP contribution < -0.4 is 11.3 Å². The van der Waals surface area contributed by atoms with Gasteiger partial charge in [0.2, 0.25) is 0 Å². The quantitative estimate of drug-likeness (QED) is 0.819. The molecule has 4 heteroatoms. The Kier molecular flexibility index (Phi) is 2.42. The summed E-state index contributed by atoms with van der Waals surface area (Å²) in [5.74, 6) is 0. The molecule has 0 bridgehead atoms. The fourth-order valence-electron chi connectivity index (χ4n) is 2.68. The molecule has 1 aliphatic heterocycles. The number of hydrogen-bond acceptors (Lipinski definition) is 3. The van der Waals surface area contributed by atoms with E-state index >= 15 is 0 Å². The van der Waals surface area contributed by atoms with E-state index in [1.165, 1.54) is 5.56 Å². The smallest absolute Gasteiger partial charge is 0.256 e. The number of aromatic nitrogens is 1. The second kappa shape index (κ2) is 3.97. The number of nitrogens with zero attached hydrogens (tertiary/aromatic N) is 2. The lowest BCUT2D eigenvalue weighted by molar-refractivity contribution is 0.609. The summed E-state index contributed by atoms with van der Waals surface area (Å²) in [6, 6.07) is 8.85. The van der Waals surface area contributed by atoms with Crippen molar-refractivity contribution in [3.05, 3.63) is 45.7 Å². The van der Waals surface area contributed by atoms with E-state index in [9.17, 15) is 4.79 Å². The van der Waals surface area contributed by atoms with Gasteiger partial charge in [-0.05, 0) is 29.9 Å². The lowest BCUT2D eigenvalue weighted by Gasteiger charge is -2.20. The Morgan fingerprint density at radius 2 is 2.28 bits per heavy atom. The lowest BCUT2D eigenvalue weighted by atomic mass is 9.99. The molecule has 0 saturated carbocycles. The molecule has 4 nitrogen and oxygen atoms in total. The second-order valence-electron chi connectivity index (χ2n) is 4.62. The first-order valence-corrected chi connectivity index (χ1v) is 6.03. The van der Waals surface area contributed by atoms with E-state index in [1.54, 1.807) is 10.6 Å². The van der Waals surface area contributed by atoms with Gasteiger partial charge in [-0.3, -0.25) is 4.79 Å². The molecule has 0 spiro atoms. The van der Waals surface area contributed by atoms with E-state index in [-0.39, 0.29) is 5.56 Å². The molecule has 0 radical (unpaired) electrons. The monoisotopic (exact) mass is 239 g/mol. The molecule has 1 aliphatic rings. The zero-order chi connectivity index (χ0) is 12.7. The highest BCUT2D eigenvalue weighted by Gasteiger charge is 2.18. The molecule has 2 N–H and O–H groups in total. The summed E-state index contributed by atoms with van der Waals surface area (Å²) in [5, 5.41) is 9.89. The topological polar surface area (TPSA) is 71.8 Å². The van der Waals surface area contributed by atoms with E-state index in [4.69, 9.17) is 11.0 Å². The Morgan fingerprint density at radius 1 is 1.44 bits per heavy atom. The first kappa shape index (κ1) is 11.0. The number of nitriles is 1. The van der Waals surface area contributed by atoms with Crippen molar-refractivity contribution in [2.45, 2.75) is 25.4 Å². The number of benzene rings is 1. The van der Waals surface area contributed by atoms with Crippen LogP contribution in [0.5, 0.6) is 0 Å². The number of para-hydroxylation sites is 1. The Balaban J connectivity index is 2.43. The van der Waals surface area contributed by atoms with E-state index in [0.29, 0.717) is 12.1 Å². The summed E-state index contributed by atoms with van der Waals surface area (Å²) in [7, 11) is 0. The molecule has 0 amide bonds. The van der Waals surface area contributed by atoms with Crippen LogP contribution in [0.1, 0.15) is 23.6 Å². The SMILES string of the molecule is N#C[C@H](N)c1cc2cccc3c2n(c1=O)CCC3. The van der Waals surface area contributed by atoms with Gasteiger partial charge >= 0.3 is 0 Å². The van der Waals surface area contributed by atoms with Gasteiger partial charge in [-0.1, -0.05) is 18.2 Å². The summed E-state index contributed by atoms with van der Waals surface area (Å²) >= 11 is 0. The Labute approximate surface area is 104 Å². The molecule has 3 rings (SSSR count). The van der Waals surface area contributed by atoms with E-state index in [0.717, 1.165) is 23.7 Å². The van der Waals surface area contributed by atoms with Gasteiger partial charge in [0, 0.05) is 12.1 Å². The minimum atomic E-state index is -0.851. The molecule has 2 aromatic rings. The highest BCUT2D eigenvalue weighted by molar-refractivity contribution is 5.83. The molecule has 2 heterocycles. The fraction of sp³-hybridized carbons (Fsp3) is 0.286. The molecule has 0 aliphatic carbocycles. The van der Waals surface area contributed by atoms with Crippen LogP contribution in [0.4, 0.5) is 0 Å². The van der Waals surface area contributed by atoms with Crippen molar-refractivity contribution >= 4 is 10.9 Å². The van der Waals surface area contributed by atoms with Crippen molar-refractivity contribution in [3.63, 3.8) is 0 Å². The van der Waals surface area contributed by atoms with Crippen LogP contribution in [0.25, 0.3) is 10.9 Å². The minimum Gasteiger partial charge on any atom is -0.312 e. The number of hydrogen-bond donors (Lipinski definition) is 1. The normalized spacial score (nSPS) is 15.3. The van der Waals surface area contributed by atoms with Crippen molar-refractivity contribution in [2.24, 2.45) is 5.73 Å². The molecule has 0 saturated heterocycles. The van der Waals surface area contributed by atoms with Gasteiger partial charge in [-0.2, -0.15) is 5.26 Å². The predicted molar refractivity (Wildman–Crippen MR) is 69.1 cm³/mol. The molecule has 0 fully saturated rings. The van der Waals surface area contributed by atoms with Crippen LogP contribution in [0.3, 0.4) is 0 Å². The van der Waals surface area contributed by atoms with Gasteiger partial charge in [-0.25, -0.2) is 0 Å². The van der Waals surface area contributed by atoms with Gasteiger partial charge in [0.1, 0.15) is 6.04 Å². The molecular weight excluding hydrogens is 226 g/mol. The third-order valence-corrected chi connectivity index (χ3v) is 3.53. The summed E-state index contributed by atoms with van der Waals surface area (Å²) in [4.78, 5) is 12.3. The fourth-order valence-corrected chi connectivity index (χ4v) is 2.68. The van der Waals surface area contributed by atoms with Gasteiger partial charge < -0.3 is 10.3 Å². The van der Waals surface area contributed by atoms with Crippen LogP contribution in [0.15, 0.2) is 29.1 Å². The summed E-state index contributed by atoms with van der Waals surface area (Å²) in [6.45, 7) is 0.707. The summed E-state index contributed by atoms with van der Waals surface area (Å²) in [6.07, 6.45) is 1.96. The first-order valence-electron chi connectivity index (χ1n) is 6.03. The van der Waals surface area contributed by atoms with Crippen LogP contribution >= 0.6 is 0 Å². The second-order valence-corrected chi connectivity index (χ2v) is 4.62. The minimum absolute atomic E-state index is 0.122. The highest BCUT2D eigenvalue weighted by Crippen LogP contribution is 2.24. The van der Waals surface area contributed by atoms with Gasteiger partial charge in [0.25, 0.3) is 5.56 Å². The van der Waals surface area contributed by atoms with Crippen molar-refractivity contribution in [3.8, 4) is 6.07 Å².